The molecule has 0 aromatic carbocycles. The number of hydrogen-bond donors (Lipinski definition) is 2. The van der Waals surface area contributed by atoms with Gasteiger partial charge in [0.2, 0.25) is 0 Å². The van der Waals surface area contributed by atoms with Gasteiger partial charge in [-0.05, 0) is 6.07 Å². The number of aromatic nitrogens is 2. The van der Waals surface area contributed by atoms with Crippen LogP contribution in [-0.2, 0) is 6.54 Å². The molecule has 2 rings (SSSR count). The Hall–Kier alpha value is -1.95. The monoisotopic (exact) mass is 234 g/mol. The second-order valence-electron chi connectivity index (χ2n) is 3.11. The Morgan fingerprint density at radius 2 is 2.31 bits per heavy atom. The molecule has 0 saturated carbocycles. The highest BCUT2D eigenvalue weighted by molar-refractivity contribution is 7.09. The fourth-order valence-corrected chi connectivity index (χ4v) is 1.72. The van der Waals surface area contributed by atoms with Crippen molar-refractivity contribution in [2.45, 2.75) is 6.54 Å². The summed E-state index contributed by atoms with van der Waals surface area (Å²) in [6, 6.07) is 1.60. The van der Waals surface area contributed by atoms with Gasteiger partial charge >= 0.3 is 0 Å². The summed E-state index contributed by atoms with van der Waals surface area (Å²) in [4.78, 5) is 20.5. The van der Waals surface area contributed by atoms with Crippen LogP contribution >= 0.6 is 11.3 Å². The van der Waals surface area contributed by atoms with Gasteiger partial charge in [-0.2, -0.15) is 0 Å². The lowest BCUT2D eigenvalue weighted by Gasteiger charge is -2.05. The highest BCUT2D eigenvalue weighted by Crippen LogP contribution is 2.09. The molecule has 0 aliphatic carbocycles. The summed E-state index contributed by atoms with van der Waals surface area (Å²) >= 11 is 1.49. The molecule has 0 fully saturated rings. The van der Waals surface area contributed by atoms with Crippen molar-refractivity contribution in [3.63, 3.8) is 0 Å². The first-order chi connectivity index (χ1) is 7.77. The third-order valence-corrected chi connectivity index (χ3v) is 2.79. The molecule has 0 saturated heterocycles. The SMILES string of the molecule is Nc1ccncc1C(=O)NCc1cncs1. The first kappa shape index (κ1) is 10.6. The highest BCUT2D eigenvalue weighted by atomic mass is 32.1. The number of anilines is 1. The van der Waals surface area contributed by atoms with Crippen LogP contribution in [0, 0.1) is 0 Å². The van der Waals surface area contributed by atoms with Gasteiger partial charge in [-0.25, -0.2) is 0 Å². The van der Waals surface area contributed by atoms with Crippen LogP contribution < -0.4 is 11.1 Å². The average Bonchev–Trinajstić information content (AvgIpc) is 2.79. The Balaban J connectivity index is 2.01. The van der Waals surface area contributed by atoms with Crippen LogP contribution in [0.5, 0.6) is 0 Å². The maximum atomic E-state index is 11.7. The predicted octanol–water partition coefficient (Wildman–Crippen LogP) is 1.05. The number of thiazole rings is 1. The molecule has 0 atom stereocenters. The number of nitrogen functional groups attached to an aromatic ring is 1. The lowest BCUT2D eigenvalue weighted by atomic mass is 10.2. The lowest BCUT2D eigenvalue weighted by Crippen LogP contribution is -2.23. The molecule has 82 valence electrons. The van der Waals surface area contributed by atoms with Gasteiger partial charge < -0.3 is 11.1 Å². The van der Waals surface area contributed by atoms with Crippen LogP contribution in [0.4, 0.5) is 5.69 Å². The minimum Gasteiger partial charge on any atom is -0.398 e. The van der Waals surface area contributed by atoms with Crippen molar-refractivity contribution < 1.29 is 4.79 Å². The number of nitrogens with zero attached hydrogens (tertiary/aromatic N) is 2. The molecule has 1 amide bonds. The summed E-state index contributed by atoms with van der Waals surface area (Å²) in [6.07, 6.45) is 4.73. The lowest BCUT2D eigenvalue weighted by molar-refractivity contribution is 0.0952. The Bertz CT molecular complexity index is 483. The number of carbonyl (C=O) groups is 1. The Morgan fingerprint density at radius 1 is 1.44 bits per heavy atom. The van der Waals surface area contributed by atoms with Gasteiger partial charge in [-0.1, -0.05) is 0 Å². The van der Waals surface area contributed by atoms with E-state index in [4.69, 9.17) is 5.73 Å². The van der Waals surface area contributed by atoms with Gasteiger partial charge in [0.25, 0.3) is 5.91 Å². The van der Waals surface area contributed by atoms with Gasteiger partial charge in [-0.3, -0.25) is 14.8 Å². The van der Waals surface area contributed by atoms with Crippen LogP contribution in [0.2, 0.25) is 0 Å². The molecule has 2 heterocycles. The summed E-state index contributed by atoms with van der Waals surface area (Å²) in [7, 11) is 0. The quantitative estimate of drug-likeness (QED) is 0.831. The fourth-order valence-electron chi connectivity index (χ4n) is 1.19. The molecule has 0 unspecified atom stereocenters. The van der Waals surface area contributed by atoms with E-state index in [1.807, 2.05) is 0 Å². The molecule has 3 N–H and O–H groups in total. The topological polar surface area (TPSA) is 80.9 Å². The number of pyridine rings is 1. The van der Waals surface area contributed by atoms with Crippen molar-refractivity contribution >= 4 is 22.9 Å². The average molecular weight is 234 g/mol. The standard InChI is InChI=1S/C10H10N4OS/c11-9-1-2-12-5-8(9)10(15)14-4-7-3-13-6-16-7/h1-3,5-6H,4H2,(H2,11,12)(H,14,15). The molecule has 0 aliphatic heterocycles. The first-order valence-electron chi connectivity index (χ1n) is 4.62. The number of hydrogen-bond acceptors (Lipinski definition) is 5. The second kappa shape index (κ2) is 4.71. The van der Waals surface area contributed by atoms with Crippen molar-refractivity contribution in [1.82, 2.24) is 15.3 Å². The maximum Gasteiger partial charge on any atom is 0.255 e. The summed E-state index contributed by atoms with van der Waals surface area (Å²) in [6.45, 7) is 0.456. The van der Waals surface area contributed by atoms with Crippen molar-refractivity contribution in [2.75, 3.05) is 5.73 Å². The van der Waals surface area contributed by atoms with Gasteiger partial charge in [0.15, 0.2) is 0 Å². The van der Waals surface area contributed by atoms with Gasteiger partial charge in [0, 0.05) is 29.2 Å². The van der Waals surface area contributed by atoms with Gasteiger partial charge in [-0.15, -0.1) is 11.3 Å². The molecular weight excluding hydrogens is 224 g/mol. The molecule has 6 heteroatoms. The summed E-state index contributed by atoms with van der Waals surface area (Å²) in [5.74, 6) is -0.223. The van der Waals surface area contributed by atoms with E-state index in [0.29, 0.717) is 17.8 Å². The normalized spacial score (nSPS) is 10.0. The van der Waals surface area contributed by atoms with Crippen LogP contribution in [0.3, 0.4) is 0 Å². The fraction of sp³-hybridized carbons (Fsp3) is 0.100. The summed E-state index contributed by atoms with van der Waals surface area (Å²) < 4.78 is 0. The van der Waals surface area contributed by atoms with Crippen LogP contribution in [0.15, 0.2) is 30.2 Å². The Morgan fingerprint density at radius 3 is 3.00 bits per heavy atom. The van der Waals surface area contributed by atoms with E-state index in [1.54, 1.807) is 24.0 Å². The Labute approximate surface area is 96.3 Å². The van der Waals surface area contributed by atoms with E-state index in [2.05, 4.69) is 15.3 Å². The number of nitrogens with one attached hydrogen (secondary N) is 1. The second-order valence-corrected chi connectivity index (χ2v) is 4.08. The number of amides is 1. The van der Waals surface area contributed by atoms with Crippen LogP contribution in [-0.4, -0.2) is 15.9 Å². The summed E-state index contributed by atoms with van der Waals surface area (Å²) in [5.41, 5.74) is 8.20. The van der Waals surface area contributed by atoms with Crippen molar-refractivity contribution in [3.05, 3.63) is 40.6 Å². The molecule has 2 aromatic heterocycles. The number of rotatable bonds is 3. The zero-order chi connectivity index (χ0) is 11.4. The molecule has 0 bridgehead atoms. The van der Waals surface area contributed by atoms with E-state index in [-0.39, 0.29) is 5.91 Å². The first-order valence-corrected chi connectivity index (χ1v) is 5.50. The zero-order valence-electron chi connectivity index (χ0n) is 8.38. The number of nitrogens with two attached hydrogens (primary N) is 1. The van der Waals surface area contributed by atoms with E-state index in [1.165, 1.54) is 17.5 Å². The minimum atomic E-state index is -0.223. The predicted molar refractivity (Wildman–Crippen MR) is 61.9 cm³/mol. The molecule has 0 aliphatic rings. The van der Waals surface area contributed by atoms with Crippen LogP contribution in [0.25, 0.3) is 0 Å². The van der Waals surface area contributed by atoms with E-state index in [9.17, 15) is 4.79 Å². The molecule has 0 radical (unpaired) electrons. The van der Waals surface area contributed by atoms with Crippen LogP contribution in [0.1, 0.15) is 15.2 Å². The van der Waals surface area contributed by atoms with Crippen molar-refractivity contribution in [2.24, 2.45) is 0 Å². The molecule has 0 spiro atoms. The molecule has 2 aromatic rings. The molecule has 5 nitrogen and oxygen atoms in total. The van der Waals surface area contributed by atoms with Gasteiger partial charge in [0.05, 0.1) is 17.6 Å². The molecule has 16 heavy (non-hydrogen) atoms. The van der Waals surface area contributed by atoms with Crippen molar-refractivity contribution in [1.29, 1.82) is 0 Å². The third kappa shape index (κ3) is 2.34. The van der Waals surface area contributed by atoms with Gasteiger partial charge in [0.1, 0.15) is 0 Å². The summed E-state index contributed by atoms with van der Waals surface area (Å²) in [5, 5.41) is 2.75. The largest absolute Gasteiger partial charge is 0.398 e. The Kier molecular flexibility index (Phi) is 3.11. The van der Waals surface area contributed by atoms with Crippen molar-refractivity contribution in [3.8, 4) is 0 Å². The third-order valence-electron chi connectivity index (χ3n) is 2.01. The van der Waals surface area contributed by atoms with E-state index >= 15 is 0 Å². The highest BCUT2D eigenvalue weighted by Gasteiger charge is 2.09. The van der Waals surface area contributed by atoms with E-state index in [0.717, 1.165) is 4.88 Å². The molecular formula is C10H10N4OS. The van der Waals surface area contributed by atoms with E-state index < -0.39 is 0 Å². The minimum absolute atomic E-state index is 0.223. The number of carbonyl (C=O) groups excluding carboxylic acids is 1. The zero-order valence-corrected chi connectivity index (χ0v) is 9.20. The smallest absolute Gasteiger partial charge is 0.255 e. The maximum absolute atomic E-state index is 11.7.